The van der Waals surface area contributed by atoms with E-state index in [1.165, 1.54) is 0 Å². The number of nitrogens with zero attached hydrogens (tertiary/aromatic N) is 1. The number of H-pyrrole nitrogens is 1. The number of hydrogen-bond donors (Lipinski definition) is 3. The van der Waals surface area contributed by atoms with Gasteiger partial charge in [0, 0.05) is 17.0 Å². The molecule has 4 heteroatoms. The fourth-order valence-corrected chi connectivity index (χ4v) is 1.06. The highest BCUT2D eigenvalue weighted by atomic mass is 15.2. The molecule has 0 atom stereocenters. The van der Waals surface area contributed by atoms with Gasteiger partial charge in [-0.2, -0.15) is 5.10 Å². The van der Waals surface area contributed by atoms with Crippen LogP contribution < -0.4 is 11.6 Å². The number of nitrogens with one attached hydrogen (secondary N) is 1. The molecule has 0 spiro atoms. The Labute approximate surface area is 65.3 Å². The van der Waals surface area contributed by atoms with Crippen LogP contribution >= 0.6 is 0 Å². The van der Waals surface area contributed by atoms with Crippen molar-refractivity contribution in [2.24, 2.45) is 16.7 Å². The van der Waals surface area contributed by atoms with Crippen molar-refractivity contribution in [2.75, 3.05) is 0 Å². The van der Waals surface area contributed by atoms with Gasteiger partial charge in [-0.3, -0.25) is 0 Å². The van der Waals surface area contributed by atoms with Crippen molar-refractivity contribution in [2.45, 2.75) is 13.8 Å². The number of nitrogens with two attached hydrogens (primary N) is 2. The molecule has 0 aliphatic carbocycles. The zero-order valence-electron chi connectivity index (χ0n) is 6.68. The Hall–Kier alpha value is -1.45. The highest BCUT2D eigenvalue weighted by molar-refractivity contribution is 5.98. The minimum Gasteiger partial charge on any atom is -0.382 e. The fraction of sp³-hybridized carbons (Fsp3) is 0.286. The Balaban J connectivity index is 3.13. The first-order valence-electron chi connectivity index (χ1n) is 3.35. The molecule has 0 saturated heterocycles. The Bertz CT molecular complexity index is 285. The molecule has 5 N–H and O–H groups in total. The molecule has 0 fully saturated rings. The summed E-state index contributed by atoms with van der Waals surface area (Å²) in [5, 5.41) is 3.41. The highest BCUT2D eigenvalue weighted by Gasteiger charge is 2.04. The summed E-state index contributed by atoms with van der Waals surface area (Å²) in [4.78, 5) is 3.11. The van der Waals surface area contributed by atoms with Gasteiger partial charge in [0.25, 0.3) is 0 Å². The van der Waals surface area contributed by atoms with Crippen molar-refractivity contribution in [1.82, 2.24) is 4.98 Å². The van der Waals surface area contributed by atoms with Crippen LogP contribution in [0.5, 0.6) is 0 Å². The first-order chi connectivity index (χ1) is 5.15. The predicted octanol–water partition coefficient (Wildman–Crippen LogP) is 0.211. The molecule has 4 nitrogen and oxygen atoms in total. The second kappa shape index (κ2) is 2.65. The average molecular weight is 152 g/mol. The molecule has 0 aromatic carbocycles. The van der Waals surface area contributed by atoms with Crippen LogP contribution in [0.4, 0.5) is 0 Å². The van der Waals surface area contributed by atoms with E-state index in [2.05, 4.69) is 10.1 Å². The van der Waals surface area contributed by atoms with Gasteiger partial charge in [0.2, 0.25) is 0 Å². The lowest BCUT2D eigenvalue weighted by atomic mass is 10.2. The largest absolute Gasteiger partial charge is 0.382 e. The molecule has 0 saturated carbocycles. The molecule has 0 bridgehead atoms. The van der Waals surface area contributed by atoms with Gasteiger partial charge in [0.15, 0.2) is 5.84 Å². The second-order valence-electron chi connectivity index (χ2n) is 2.51. The minimum absolute atomic E-state index is 0.367. The lowest BCUT2D eigenvalue weighted by Gasteiger charge is -1.94. The van der Waals surface area contributed by atoms with Crippen LogP contribution in [0.1, 0.15) is 17.0 Å². The quantitative estimate of drug-likeness (QED) is 0.233. The molecule has 1 rings (SSSR count). The van der Waals surface area contributed by atoms with Crippen LogP contribution in [-0.4, -0.2) is 10.8 Å². The average Bonchev–Trinajstić information content (AvgIpc) is 2.28. The molecule has 0 aliphatic rings. The van der Waals surface area contributed by atoms with Gasteiger partial charge < -0.3 is 16.6 Å². The van der Waals surface area contributed by atoms with Gasteiger partial charge in [0.05, 0.1) is 0 Å². The number of hydrogen-bond acceptors (Lipinski definition) is 2. The van der Waals surface area contributed by atoms with E-state index >= 15 is 0 Å². The van der Waals surface area contributed by atoms with Gasteiger partial charge in [-0.1, -0.05) is 0 Å². The molecule has 11 heavy (non-hydrogen) atoms. The molecule has 1 heterocycles. The standard InChI is InChI=1S/C7H12N4/c1-4-3-6(5(2)10-4)7(8)11-9/h3,10H,9H2,1-2H3,(H2,8,11). The Morgan fingerprint density at radius 3 is 2.55 bits per heavy atom. The van der Waals surface area contributed by atoms with E-state index in [9.17, 15) is 0 Å². The summed E-state index contributed by atoms with van der Waals surface area (Å²) in [6, 6.07) is 1.92. The Morgan fingerprint density at radius 2 is 2.18 bits per heavy atom. The summed E-state index contributed by atoms with van der Waals surface area (Å²) in [7, 11) is 0. The molecule has 0 amide bonds. The van der Waals surface area contributed by atoms with E-state index in [1.807, 2.05) is 19.9 Å². The van der Waals surface area contributed by atoms with Crippen LogP contribution in [0.15, 0.2) is 11.2 Å². The first-order valence-corrected chi connectivity index (χ1v) is 3.35. The molecule has 1 aromatic rings. The second-order valence-corrected chi connectivity index (χ2v) is 2.51. The molecular formula is C7H12N4. The van der Waals surface area contributed by atoms with Crippen molar-refractivity contribution in [3.05, 3.63) is 23.0 Å². The van der Waals surface area contributed by atoms with Gasteiger partial charge in [0.1, 0.15) is 0 Å². The maximum Gasteiger partial charge on any atom is 0.152 e. The third kappa shape index (κ3) is 1.34. The number of aromatic amines is 1. The van der Waals surface area contributed by atoms with Crippen molar-refractivity contribution < 1.29 is 0 Å². The van der Waals surface area contributed by atoms with Gasteiger partial charge >= 0.3 is 0 Å². The van der Waals surface area contributed by atoms with E-state index in [0.717, 1.165) is 17.0 Å². The molecule has 60 valence electrons. The van der Waals surface area contributed by atoms with E-state index in [0.29, 0.717) is 5.84 Å². The summed E-state index contributed by atoms with van der Waals surface area (Å²) >= 11 is 0. The summed E-state index contributed by atoms with van der Waals surface area (Å²) in [6.07, 6.45) is 0. The summed E-state index contributed by atoms with van der Waals surface area (Å²) < 4.78 is 0. The molecule has 0 radical (unpaired) electrons. The van der Waals surface area contributed by atoms with Crippen LogP contribution in [0.25, 0.3) is 0 Å². The number of aromatic nitrogens is 1. The van der Waals surface area contributed by atoms with Crippen LogP contribution in [0.2, 0.25) is 0 Å². The van der Waals surface area contributed by atoms with Crippen molar-refractivity contribution in [3.8, 4) is 0 Å². The third-order valence-electron chi connectivity index (χ3n) is 1.56. The number of hydrazone groups is 1. The van der Waals surface area contributed by atoms with Crippen LogP contribution in [0, 0.1) is 13.8 Å². The smallest absolute Gasteiger partial charge is 0.152 e. The van der Waals surface area contributed by atoms with Gasteiger partial charge in [-0.25, -0.2) is 0 Å². The summed E-state index contributed by atoms with van der Waals surface area (Å²) in [6.45, 7) is 3.89. The number of amidine groups is 1. The van der Waals surface area contributed by atoms with E-state index in [1.54, 1.807) is 0 Å². The summed E-state index contributed by atoms with van der Waals surface area (Å²) in [5.74, 6) is 5.40. The van der Waals surface area contributed by atoms with Crippen molar-refractivity contribution in [1.29, 1.82) is 0 Å². The molecule has 0 unspecified atom stereocenters. The normalized spacial score (nSPS) is 12.0. The Kier molecular flexibility index (Phi) is 1.85. The van der Waals surface area contributed by atoms with Crippen LogP contribution in [-0.2, 0) is 0 Å². The lowest BCUT2D eigenvalue weighted by molar-refractivity contribution is 1.18. The first kappa shape index (κ1) is 7.65. The van der Waals surface area contributed by atoms with Gasteiger partial charge in [-0.15, -0.1) is 0 Å². The van der Waals surface area contributed by atoms with Crippen molar-refractivity contribution in [3.63, 3.8) is 0 Å². The zero-order valence-corrected chi connectivity index (χ0v) is 6.68. The topological polar surface area (TPSA) is 80.2 Å². The maximum atomic E-state index is 5.51. The number of aryl methyl sites for hydroxylation is 2. The fourth-order valence-electron chi connectivity index (χ4n) is 1.06. The number of rotatable bonds is 1. The predicted molar refractivity (Wildman–Crippen MR) is 45.2 cm³/mol. The van der Waals surface area contributed by atoms with E-state index in [4.69, 9.17) is 11.6 Å². The van der Waals surface area contributed by atoms with E-state index < -0.39 is 0 Å². The third-order valence-corrected chi connectivity index (χ3v) is 1.56. The summed E-state index contributed by atoms with van der Waals surface area (Å²) in [5.41, 5.74) is 8.45. The zero-order chi connectivity index (χ0) is 8.43. The SMILES string of the molecule is Cc1cc(/C(N)=N/N)c(C)[nH]1. The lowest BCUT2D eigenvalue weighted by Crippen LogP contribution is -2.15. The molecule has 0 aliphatic heterocycles. The molecular weight excluding hydrogens is 140 g/mol. The minimum atomic E-state index is 0.367. The molecule has 1 aromatic heterocycles. The highest BCUT2D eigenvalue weighted by Crippen LogP contribution is 2.07. The van der Waals surface area contributed by atoms with Gasteiger partial charge in [-0.05, 0) is 19.9 Å². The maximum absolute atomic E-state index is 5.51. The van der Waals surface area contributed by atoms with Crippen LogP contribution in [0.3, 0.4) is 0 Å². The van der Waals surface area contributed by atoms with Crippen molar-refractivity contribution >= 4 is 5.84 Å². The monoisotopic (exact) mass is 152 g/mol. The Morgan fingerprint density at radius 1 is 1.55 bits per heavy atom. The van der Waals surface area contributed by atoms with E-state index in [-0.39, 0.29) is 0 Å².